The number of esters is 1. The second kappa shape index (κ2) is 7.72. The van der Waals surface area contributed by atoms with Crippen molar-refractivity contribution >= 4 is 21.9 Å². The number of methoxy groups -OCH3 is 2. The number of ether oxygens (including phenoxy) is 3. The molecular formula is C19H23BrN2O4. The highest BCUT2D eigenvalue weighted by molar-refractivity contribution is 9.10. The van der Waals surface area contributed by atoms with E-state index in [1.165, 1.54) is 5.56 Å². The number of fused-ring (bicyclic) bond motifs is 1. The standard InChI is InChI=1S/C19H23BrN2O4/c1-5-26-19(23)16-10(2)15(20)18(22-16)17-12-9-14(25-4)13(24-3)8-11(12)6-7-21-17/h8-9,17,21-22H,5-7H2,1-4H3. The zero-order valence-electron chi connectivity index (χ0n) is 15.4. The van der Waals surface area contributed by atoms with Gasteiger partial charge in [0.05, 0.1) is 32.6 Å². The van der Waals surface area contributed by atoms with Crippen molar-refractivity contribution in [1.82, 2.24) is 10.3 Å². The van der Waals surface area contributed by atoms with Crippen molar-refractivity contribution in [1.29, 1.82) is 0 Å². The maximum absolute atomic E-state index is 12.2. The average Bonchev–Trinajstić information content (AvgIpc) is 2.95. The third kappa shape index (κ3) is 3.21. The van der Waals surface area contributed by atoms with E-state index in [4.69, 9.17) is 14.2 Å². The highest BCUT2D eigenvalue weighted by Crippen LogP contribution is 2.40. The maximum Gasteiger partial charge on any atom is 0.355 e. The molecule has 140 valence electrons. The number of hydrogen-bond acceptors (Lipinski definition) is 5. The first-order chi connectivity index (χ1) is 12.5. The van der Waals surface area contributed by atoms with Crippen LogP contribution in [0.4, 0.5) is 0 Å². The number of halogens is 1. The van der Waals surface area contributed by atoms with Crippen LogP contribution in [0.1, 0.15) is 45.8 Å². The first-order valence-corrected chi connectivity index (χ1v) is 9.34. The van der Waals surface area contributed by atoms with Crippen LogP contribution in [0, 0.1) is 6.92 Å². The average molecular weight is 423 g/mol. The van der Waals surface area contributed by atoms with E-state index in [0.29, 0.717) is 18.1 Å². The van der Waals surface area contributed by atoms with Crippen LogP contribution in [0.3, 0.4) is 0 Å². The lowest BCUT2D eigenvalue weighted by Gasteiger charge is -2.28. The van der Waals surface area contributed by atoms with Crippen LogP contribution in [0.5, 0.6) is 11.5 Å². The Kier molecular flexibility index (Phi) is 5.58. The number of rotatable bonds is 5. The highest BCUT2D eigenvalue weighted by atomic mass is 79.9. The van der Waals surface area contributed by atoms with Gasteiger partial charge in [0.1, 0.15) is 5.69 Å². The minimum absolute atomic E-state index is 0.0881. The van der Waals surface area contributed by atoms with Crippen molar-refractivity contribution in [2.75, 3.05) is 27.4 Å². The van der Waals surface area contributed by atoms with Gasteiger partial charge in [-0.25, -0.2) is 4.79 Å². The second-order valence-corrected chi connectivity index (χ2v) is 6.91. The number of carbonyl (C=O) groups is 1. The molecule has 0 saturated carbocycles. The summed E-state index contributed by atoms with van der Waals surface area (Å²) in [6, 6.07) is 3.94. The normalized spacial score (nSPS) is 16.1. The van der Waals surface area contributed by atoms with E-state index in [1.807, 2.05) is 19.1 Å². The molecule has 0 aliphatic carbocycles. The molecule has 1 aromatic carbocycles. The van der Waals surface area contributed by atoms with Crippen LogP contribution in [0.15, 0.2) is 16.6 Å². The molecule has 0 spiro atoms. The Balaban J connectivity index is 2.07. The maximum atomic E-state index is 12.2. The first-order valence-electron chi connectivity index (χ1n) is 8.55. The molecule has 26 heavy (non-hydrogen) atoms. The summed E-state index contributed by atoms with van der Waals surface area (Å²) in [7, 11) is 3.27. The van der Waals surface area contributed by atoms with E-state index in [2.05, 4.69) is 26.2 Å². The number of aromatic nitrogens is 1. The van der Waals surface area contributed by atoms with Gasteiger partial charge in [-0.1, -0.05) is 0 Å². The Morgan fingerprint density at radius 1 is 1.27 bits per heavy atom. The van der Waals surface area contributed by atoms with E-state index in [1.54, 1.807) is 21.1 Å². The quantitative estimate of drug-likeness (QED) is 0.721. The van der Waals surface area contributed by atoms with Gasteiger partial charge in [-0.2, -0.15) is 0 Å². The molecule has 0 radical (unpaired) electrons. The third-order valence-electron chi connectivity index (χ3n) is 4.67. The molecule has 6 nitrogen and oxygen atoms in total. The van der Waals surface area contributed by atoms with Crippen molar-refractivity contribution < 1.29 is 19.0 Å². The third-order valence-corrected chi connectivity index (χ3v) is 5.69. The van der Waals surface area contributed by atoms with Crippen LogP contribution in [-0.4, -0.2) is 38.3 Å². The molecule has 0 amide bonds. The van der Waals surface area contributed by atoms with Gasteiger partial charge >= 0.3 is 5.97 Å². The molecule has 0 bridgehead atoms. The lowest BCUT2D eigenvalue weighted by molar-refractivity contribution is 0.0519. The molecular weight excluding hydrogens is 400 g/mol. The predicted molar refractivity (Wildman–Crippen MR) is 102 cm³/mol. The summed E-state index contributed by atoms with van der Waals surface area (Å²) in [5, 5.41) is 3.52. The van der Waals surface area contributed by atoms with Crippen LogP contribution < -0.4 is 14.8 Å². The fourth-order valence-corrected chi connectivity index (χ4v) is 3.87. The van der Waals surface area contributed by atoms with Crippen molar-refractivity contribution in [2.45, 2.75) is 26.3 Å². The molecule has 2 heterocycles. The molecule has 1 aromatic heterocycles. The number of H-pyrrole nitrogens is 1. The van der Waals surface area contributed by atoms with Gasteiger partial charge in [0, 0.05) is 11.0 Å². The summed E-state index contributed by atoms with van der Waals surface area (Å²) in [6.45, 7) is 4.86. The fourth-order valence-electron chi connectivity index (χ4n) is 3.34. The summed E-state index contributed by atoms with van der Waals surface area (Å²) in [4.78, 5) is 15.5. The number of nitrogens with one attached hydrogen (secondary N) is 2. The molecule has 1 aliphatic heterocycles. The Bertz CT molecular complexity index is 831. The number of hydrogen-bond donors (Lipinski definition) is 2. The predicted octanol–water partition coefficient (Wildman–Crippen LogP) is 3.51. The van der Waals surface area contributed by atoms with E-state index < -0.39 is 0 Å². The summed E-state index contributed by atoms with van der Waals surface area (Å²) in [5.74, 6) is 1.06. The minimum atomic E-state index is -0.347. The van der Waals surface area contributed by atoms with Crippen LogP contribution in [0.25, 0.3) is 0 Å². The number of carbonyl (C=O) groups excluding carboxylic acids is 1. The molecule has 3 rings (SSSR count). The van der Waals surface area contributed by atoms with Crippen LogP contribution >= 0.6 is 15.9 Å². The fraction of sp³-hybridized carbons (Fsp3) is 0.421. The second-order valence-electron chi connectivity index (χ2n) is 6.12. The molecule has 7 heteroatoms. The molecule has 2 N–H and O–H groups in total. The van der Waals surface area contributed by atoms with E-state index in [0.717, 1.165) is 40.0 Å². The zero-order valence-corrected chi connectivity index (χ0v) is 17.0. The highest BCUT2D eigenvalue weighted by Gasteiger charge is 2.29. The van der Waals surface area contributed by atoms with Crippen LogP contribution in [0.2, 0.25) is 0 Å². The van der Waals surface area contributed by atoms with Gasteiger partial charge < -0.3 is 24.5 Å². The smallest absolute Gasteiger partial charge is 0.355 e. The van der Waals surface area contributed by atoms with Crippen molar-refractivity contribution in [3.63, 3.8) is 0 Å². The van der Waals surface area contributed by atoms with E-state index >= 15 is 0 Å². The van der Waals surface area contributed by atoms with Gasteiger partial charge in [0.15, 0.2) is 11.5 Å². The molecule has 1 aliphatic rings. The first kappa shape index (κ1) is 18.8. The topological polar surface area (TPSA) is 72.6 Å². The SMILES string of the molecule is CCOC(=O)c1[nH]c(C2NCCc3cc(OC)c(OC)cc32)c(Br)c1C. The molecule has 2 aromatic rings. The minimum Gasteiger partial charge on any atom is -0.493 e. The van der Waals surface area contributed by atoms with E-state index in [9.17, 15) is 4.79 Å². The zero-order chi connectivity index (χ0) is 18.8. The van der Waals surface area contributed by atoms with Gasteiger partial charge in [-0.3, -0.25) is 0 Å². The van der Waals surface area contributed by atoms with E-state index in [-0.39, 0.29) is 12.0 Å². The van der Waals surface area contributed by atoms with Gasteiger partial charge in [-0.15, -0.1) is 0 Å². The molecule has 1 atom stereocenters. The van der Waals surface area contributed by atoms with Gasteiger partial charge in [0.2, 0.25) is 0 Å². The van der Waals surface area contributed by atoms with Gasteiger partial charge in [-0.05, 0) is 65.0 Å². The monoisotopic (exact) mass is 422 g/mol. The molecule has 0 saturated heterocycles. The lowest BCUT2D eigenvalue weighted by Crippen LogP contribution is -2.31. The largest absolute Gasteiger partial charge is 0.493 e. The molecule has 0 fully saturated rings. The summed E-state index contributed by atoms with van der Waals surface area (Å²) in [5.41, 5.74) is 4.52. The van der Waals surface area contributed by atoms with Crippen molar-refractivity contribution in [3.05, 3.63) is 44.7 Å². The number of benzene rings is 1. The summed E-state index contributed by atoms with van der Waals surface area (Å²) >= 11 is 3.64. The molecule has 1 unspecified atom stereocenters. The Morgan fingerprint density at radius 3 is 2.62 bits per heavy atom. The van der Waals surface area contributed by atoms with Crippen molar-refractivity contribution in [2.24, 2.45) is 0 Å². The van der Waals surface area contributed by atoms with Crippen LogP contribution in [-0.2, 0) is 11.2 Å². The summed E-state index contributed by atoms with van der Waals surface area (Å²) in [6.07, 6.45) is 0.897. The van der Waals surface area contributed by atoms with Crippen molar-refractivity contribution in [3.8, 4) is 11.5 Å². The Labute approximate surface area is 161 Å². The van der Waals surface area contributed by atoms with Gasteiger partial charge in [0.25, 0.3) is 0 Å². The summed E-state index contributed by atoms with van der Waals surface area (Å²) < 4.78 is 16.9. The Morgan fingerprint density at radius 2 is 1.96 bits per heavy atom. The number of aromatic amines is 1. The Hall–Kier alpha value is -1.99. The lowest BCUT2D eigenvalue weighted by atomic mass is 9.91.